The van der Waals surface area contributed by atoms with Gasteiger partial charge >= 0.3 is 0 Å². The molecule has 0 saturated heterocycles. The van der Waals surface area contributed by atoms with Gasteiger partial charge in [-0.25, -0.2) is 13.6 Å². The molecule has 0 saturated carbocycles. The molecule has 0 radical (unpaired) electrons. The van der Waals surface area contributed by atoms with Gasteiger partial charge in [0.2, 0.25) is 10.0 Å². The summed E-state index contributed by atoms with van der Waals surface area (Å²) in [6, 6.07) is 3.14. The van der Waals surface area contributed by atoms with E-state index in [4.69, 9.17) is 10.9 Å². The van der Waals surface area contributed by atoms with Gasteiger partial charge < -0.3 is 5.73 Å². The average Bonchev–Trinajstić information content (AvgIpc) is 2.22. The molecule has 0 spiro atoms. The number of primary sulfonamides is 1. The smallest absolute Gasteiger partial charge is 0.238 e. The average molecular weight is 256 g/mol. The molecule has 17 heavy (non-hydrogen) atoms. The number of nitrogen functional groups attached to an aromatic ring is 1. The molecule has 0 bridgehead atoms. The predicted octanol–water partition coefficient (Wildman–Crippen LogP) is 1.82. The first kappa shape index (κ1) is 14.0. The topological polar surface area (TPSA) is 86.2 Å². The molecule has 0 aliphatic heterocycles. The standard InChI is InChI=1S/C12H20N2O2S/c1-3-5-9-10(6-4-2)12(17(14,15)16)8-7-11(9)13/h7-8H,3-6,13H2,1-2H3,(H2,14,15,16). The third-order valence-electron chi connectivity index (χ3n) is 2.73. The van der Waals surface area contributed by atoms with Crippen molar-refractivity contribution in [3.05, 3.63) is 23.3 Å². The van der Waals surface area contributed by atoms with Gasteiger partial charge in [0.05, 0.1) is 4.90 Å². The molecule has 0 aliphatic carbocycles. The van der Waals surface area contributed by atoms with Crippen LogP contribution < -0.4 is 10.9 Å². The van der Waals surface area contributed by atoms with Crippen LogP contribution in [0.25, 0.3) is 0 Å². The Morgan fingerprint density at radius 3 is 2.06 bits per heavy atom. The van der Waals surface area contributed by atoms with Crippen molar-refractivity contribution in [1.29, 1.82) is 0 Å². The van der Waals surface area contributed by atoms with E-state index in [1.165, 1.54) is 6.07 Å². The molecule has 1 aromatic carbocycles. The largest absolute Gasteiger partial charge is 0.398 e. The molecule has 0 aliphatic rings. The zero-order chi connectivity index (χ0) is 13.1. The molecule has 0 amide bonds. The van der Waals surface area contributed by atoms with E-state index in [0.29, 0.717) is 12.1 Å². The first-order valence-electron chi connectivity index (χ1n) is 5.84. The third kappa shape index (κ3) is 3.20. The molecule has 0 atom stereocenters. The van der Waals surface area contributed by atoms with E-state index in [1.807, 2.05) is 13.8 Å². The van der Waals surface area contributed by atoms with Gasteiger partial charge in [-0.3, -0.25) is 0 Å². The molecule has 0 heterocycles. The predicted molar refractivity (Wildman–Crippen MR) is 70.2 cm³/mol. The lowest BCUT2D eigenvalue weighted by molar-refractivity contribution is 0.596. The maximum atomic E-state index is 11.5. The highest BCUT2D eigenvalue weighted by molar-refractivity contribution is 7.89. The molecule has 1 aromatic rings. The monoisotopic (exact) mass is 256 g/mol. The van der Waals surface area contributed by atoms with Gasteiger partial charge in [0.15, 0.2) is 0 Å². The van der Waals surface area contributed by atoms with E-state index in [9.17, 15) is 8.42 Å². The summed E-state index contributed by atoms with van der Waals surface area (Å²) in [5, 5.41) is 5.23. The number of benzene rings is 1. The minimum Gasteiger partial charge on any atom is -0.398 e. The van der Waals surface area contributed by atoms with Crippen molar-refractivity contribution in [3.8, 4) is 0 Å². The van der Waals surface area contributed by atoms with Crippen LogP contribution in [0.4, 0.5) is 5.69 Å². The first-order valence-corrected chi connectivity index (χ1v) is 7.39. The zero-order valence-electron chi connectivity index (χ0n) is 10.4. The zero-order valence-corrected chi connectivity index (χ0v) is 11.2. The third-order valence-corrected chi connectivity index (χ3v) is 3.73. The number of sulfonamides is 1. The summed E-state index contributed by atoms with van der Waals surface area (Å²) in [7, 11) is -3.67. The van der Waals surface area contributed by atoms with Crippen molar-refractivity contribution in [2.24, 2.45) is 5.14 Å². The summed E-state index contributed by atoms with van der Waals surface area (Å²) in [5.41, 5.74) is 8.29. The number of hydrogen-bond acceptors (Lipinski definition) is 3. The summed E-state index contributed by atoms with van der Waals surface area (Å²) in [5.74, 6) is 0. The Balaban J connectivity index is 3.47. The van der Waals surface area contributed by atoms with Gasteiger partial charge in [-0.15, -0.1) is 0 Å². The molecular formula is C12H20N2O2S. The molecule has 0 unspecified atom stereocenters. The van der Waals surface area contributed by atoms with E-state index in [0.717, 1.165) is 30.4 Å². The summed E-state index contributed by atoms with van der Waals surface area (Å²) in [6.07, 6.45) is 3.26. The van der Waals surface area contributed by atoms with Crippen LogP contribution in [0.5, 0.6) is 0 Å². The second kappa shape index (κ2) is 5.51. The minimum atomic E-state index is -3.67. The fraction of sp³-hybridized carbons (Fsp3) is 0.500. The minimum absolute atomic E-state index is 0.219. The fourth-order valence-electron chi connectivity index (χ4n) is 2.03. The quantitative estimate of drug-likeness (QED) is 0.788. The number of anilines is 1. The fourth-order valence-corrected chi connectivity index (χ4v) is 2.85. The van der Waals surface area contributed by atoms with E-state index < -0.39 is 10.0 Å². The van der Waals surface area contributed by atoms with Crippen LogP contribution in [-0.4, -0.2) is 8.42 Å². The van der Waals surface area contributed by atoms with E-state index in [2.05, 4.69) is 0 Å². The molecule has 1 rings (SSSR count). The Morgan fingerprint density at radius 2 is 1.59 bits per heavy atom. The molecule has 5 heteroatoms. The van der Waals surface area contributed by atoms with Crippen molar-refractivity contribution in [2.75, 3.05) is 5.73 Å². The highest BCUT2D eigenvalue weighted by Crippen LogP contribution is 2.26. The summed E-state index contributed by atoms with van der Waals surface area (Å²) in [4.78, 5) is 0.219. The van der Waals surface area contributed by atoms with Gasteiger partial charge in [-0.1, -0.05) is 26.7 Å². The lowest BCUT2D eigenvalue weighted by atomic mass is 9.98. The van der Waals surface area contributed by atoms with Crippen LogP contribution in [0.15, 0.2) is 17.0 Å². The van der Waals surface area contributed by atoms with Gasteiger partial charge in [-0.2, -0.15) is 0 Å². The van der Waals surface area contributed by atoms with Crippen LogP contribution in [0.1, 0.15) is 37.8 Å². The Kier molecular flexibility index (Phi) is 4.54. The summed E-state index contributed by atoms with van der Waals surface area (Å²) >= 11 is 0. The second-order valence-corrected chi connectivity index (χ2v) is 5.68. The van der Waals surface area contributed by atoms with Crippen LogP contribution in [-0.2, 0) is 22.9 Å². The number of rotatable bonds is 5. The SMILES string of the molecule is CCCc1c(N)ccc(S(N)(=O)=O)c1CCC. The van der Waals surface area contributed by atoms with Gasteiger partial charge in [0.25, 0.3) is 0 Å². The van der Waals surface area contributed by atoms with Crippen molar-refractivity contribution in [2.45, 2.75) is 44.4 Å². The van der Waals surface area contributed by atoms with Gasteiger partial charge in [0, 0.05) is 5.69 Å². The van der Waals surface area contributed by atoms with Crippen LogP contribution in [0, 0.1) is 0 Å². The van der Waals surface area contributed by atoms with Crippen molar-refractivity contribution < 1.29 is 8.42 Å². The van der Waals surface area contributed by atoms with Crippen molar-refractivity contribution in [1.82, 2.24) is 0 Å². The Morgan fingerprint density at radius 1 is 1.06 bits per heavy atom. The summed E-state index contributed by atoms with van der Waals surface area (Å²) < 4.78 is 23.1. The van der Waals surface area contributed by atoms with Gasteiger partial charge in [0.1, 0.15) is 0 Å². The van der Waals surface area contributed by atoms with E-state index in [1.54, 1.807) is 6.07 Å². The number of hydrogen-bond donors (Lipinski definition) is 2. The molecular weight excluding hydrogens is 236 g/mol. The molecule has 0 aromatic heterocycles. The van der Waals surface area contributed by atoms with Crippen molar-refractivity contribution in [3.63, 3.8) is 0 Å². The Hall–Kier alpha value is -1.07. The Bertz CT molecular complexity index is 495. The molecule has 4 N–H and O–H groups in total. The Labute approximate surface area is 103 Å². The normalized spacial score (nSPS) is 11.7. The highest BCUT2D eigenvalue weighted by atomic mass is 32.2. The number of nitrogens with two attached hydrogens (primary N) is 2. The van der Waals surface area contributed by atoms with Crippen molar-refractivity contribution >= 4 is 15.7 Å². The van der Waals surface area contributed by atoms with E-state index >= 15 is 0 Å². The lowest BCUT2D eigenvalue weighted by Gasteiger charge is -2.15. The van der Waals surface area contributed by atoms with E-state index in [-0.39, 0.29) is 4.90 Å². The molecule has 0 fully saturated rings. The van der Waals surface area contributed by atoms with Crippen LogP contribution in [0.3, 0.4) is 0 Å². The molecule has 4 nitrogen and oxygen atoms in total. The highest BCUT2D eigenvalue weighted by Gasteiger charge is 2.17. The molecule has 96 valence electrons. The van der Waals surface area contributed by atoms with Crippen LogP contribution >= 0.6 is 0 Å². The first-order chi connectivity index (χ1) is 7.91. The second-order valence-electron chi connectivity index (χ2n) is 4.16. The van der Waals surface area contributed by atoms with Gasteiger partial charge in [-0.05, 0) is 36.1 Å². The lowest BCUT2D eigenvalue weighted by Crippen LogP contribution is -2.16. The maximum Gasteiger partial charge on any atom is 0.238 e. The maximum absolute atomic E-state index is 11.5. The summed E-state index contributed by atoms with van der Waals surface area (Å²) in [6.45, 7) is 4.05. The van der Waals surface area contributed by atoms with Crippen LogP contribution in [0.2, 0.25) is 0 Å².